The fraction of sp³-hybridized carbons (Fsp3) is 0.875. The number of hydrogen-bond acceptors (Lipinski definition) is 6. The van der Waals surface area contributed by atoms with Gasteiger partial charge >= 0.3 is 0 Å². The summed E-state index contributed by atoms with van der Waals surface area (Å²) in [6.45, 7) is 7.27. The molecule has 0 aromatic carbocycles. The molecule has 2 aliphatic rings. The Morgan fingerprint density at radius 2 is 2.14 bits per heavy atom. The SMILES string of the molecule is CN(CC(C)(C)O)[C@H]1CCCN(Cc2noc(C3CC3)n2)C1. The summed E-state index contributed by atoms with van der Waals surface area (Å²) in [4.78, 5) is 9.20. The van der Waals surface area contributed by atoms with Crippen LogP contribution in [-0.2, 0) is 6.54 Å². The molecule has 1 saturated heterocycles. The lowest BCUT2D eigenvalue weighted by atomic mass is 10.0. The van der Waals surface area contributed by atoms with Crippen LogP contribution in [0.15, 0.2) is 4.52 Å². The Hall–Kier alpha value is -0.980. The monoisotopic (exact) mass is 308 g/mol. The summed E-state index contributed by atoms with van der Waals surface area (Å²) in [5, 5.41) is 14.1. The average Bonchev–Trinajstić information content (AvgIpc) is 3.18. The van der Waals surface area contributed by atoms with Crippen molar-refractivity contribution in [2.75, 3.05) is 26.7 Å². The lowest BCUT2D eigenvalue weighted by Crippen LogP contribution is -2.49. The highest BCUT2D eigenvalue weighted by Gasteiger charge is 2.31. The van der Waals surface area contributed by atoms with Crippen LogP contribution in [0.5, 0.6) is 0 Å². The average molecular weight is 308 g/mol. The standard InChI is InChI=1S/C16H28N4O2/c1-16(2,21)11-19(3)13-5-4-8-20(9-13)10-14-17-15(22-18-14)12-6-7-12/h12-13,21H,4-11H2,1-3H3/t13-/m0/s1. The Morgan fingerprint density at radius 3 is 2.82 bits per heavy atom. The molecule has 0 spiro atoms. The van der Waals surface area contributed by atoms with Crippen molar-refractivity contribution in [3.63, 3.8) is 0 Å². The van der Waals surface area contributed by atoms with Crippen LogP contribution in [0.1, 0.15) is 57.2 Å². The van der Waals surface area contributed by atoms with Crippen molar-refractivity contribution in [2.45, 2.75) is 63.6 Å². The van der Waals surface area contributed by atoms with Gasteiger partial charge in [0.05, 0.1) is 12.1 Å². The third kappa shape index (κ3) is 4.27. The highest BCUT2D eigenvalue weighted by Crippen LogP contribution is 2.38. The Morgan fingerprint density at radius 1 is 1.36 bits per heavy atom. The lowest BCUT2D eigenvalue weighted by molar-refractivity contribution is 0.0147. The summed E-state index contributed by atoms with van der Waals surface area (Å²) in [6.07, 6.45) is 4.74. The zero-order chi connectivity index (χ0) is 15.7. The number of aromatic nitrogens is 2. The topological polar surface area (TPSA) is 65.6 Å². The van der Waals surface area contributed by atoms with E-state index in [-0.39, 0.29) is 0 Å². The smallest absolute Gasteiger partial charge is 0.229 e. The third-order valence-corrected chi connectivity index (χ3v) is 4.52. The molecular formula is C16H28N4O2. The second-order valence-electron chi connectivity index (χ2n) is 7.58. The van der Waals surface area contributed by atoms with E-state index in [0.717, 1.165) is 31.3 Å². The number of aliphatic hydroxyl groups is 1. The van der Waals surface area contributed by atoms with Gasteiger partial charge in [0.2, 0.25) is 5.89 Å². The number of likely N-dealkylation sites (N-methyl/N-ethyl adjacent to an activating group) is 1. The predicted octanol–water partition coefficient (Wildman–Crippen LogP) is 1.61. The first-order chi connectivity index (χ1) is 10.4. The van der Waals surface area contributed by atoms with Crippen molar-refractivity contribution in [1.29, 1.82) is 0 Å². The molecule has 1 aromatic rings. The summed E-state index contributed by atoms with van der Waals surface area (Å²) in [6, 6.07) is 0.481. The minimum atomic E-state index is -0.649. The number of nitrogens with zero attached hydrogens (tertiary/aromatic N) is 4. The molecule has 0 radical (unpaired) electrons. The van der Waals surface area contributed by atoms with Crippen LogP contribution in [0.2, 0.25) is 0 Å². The summed E-state index contributed by atoms with van der Waals surface area (Å²) < 4.78 is 5.34. The first kappa shape index (κ1) is 15.9. The lowest BCUT2D eigenvalue weighted by Gasteiger charge is -2.39. The Balaban J connectivity index is 1.53. The molecule has 124 valence electrons. The van der Waals surface area contributed by atoms with Crippen LogP contribution in [-0.4, -0.2) is 63.4 Å². The summed E-state index contributed by atoms with van der Waals surface area (Å²) in [5.74, 6) is 2.16. The summed E-state index contributed by atoms with van der Waals surface area (Å²) in [7, 11) is 2.10. The van der Waals surface area contributed by atoms with E-state index < -0.39 is 5.60 Å². The van der Waals surface area contributed by atoms with Crippen molar-refractivity contribution in [1.82, 2.24) is 19.9 Å². The largest absolute Gasteiger partial charge is 0.389 e. The number of likely N-dealkylation sites (tertiary alicyclic amines) is 1. The van der Waals surface area contributed by atoms with Crippen molar-refractivity contribution < 1.29 is 9.63 Å². The summed E-state index contributed by atoms with van der Waals surface area (Å²) >= 11 is 0. The second kappa shape index (κ2) is 6.26. The first-order valence-electron chi connectivity index (χ1n) is 8.38. The van der Waals surface area contributed by atoms with E-state index >= 15 is 0 Å². The molecule has 0 unspecified atom stereocenters. The summed E-state index contributed by atoms with van der Waals surface area (Å²) in [5.41, 5.74) is -0.649. The molecule has 3 rings (SSSR count). The Labute approximate surface area is 132 Å². The number of piperidine rings is 1. The molecule has 2 heterocycles. The van der Waals surface area contributed by atoms with E-state index in [2.05, 4.69) is 27.0 Å². The number of rotatable bonds is 6. The third-order valence-electron chi connectivity index (χ3n) is 4.52. The highest BCUT2D eigenvalue weighted by atomic mass is 16.5. The Kier molecular flexibility index (Phi) is 4.52. The molecule has 6 nitrogen and oxygen atoms in total. The Bertz CT molecular complexity index is 493. The molecule has 0 bridgehead atoms. The van der Waals surface area contributed by atoms with Crippen molar-refractivity contribution >= 4 is 0 Å². The van der Waals surface area contributed by atoms with Gasteiger partial charge in [-0.1, -0.05) is 5.16 Å². The zero-order valence-corrected chi connectivity index (χ0v) is 14.0. The van der Waals surface area contributed by atoms with Gasteiger partial charge in [0.25, 0.3) is 0 Å². The van der Waals surface area contributed by atoms with Crippen LogP contribution in [0.3, 0.4) is 0 Å². The van der Waals surface area contributed by atoms with Crippen LogP contribution in [0, 0.1) is 0 Å². The van der Waals surface area contributed by atoms with E-state index in [1.54, 1.807) is 0 Å². The van der Waals surface area contributed by atoms with Crippen molar-refractivity contribution in [3.05, 3.63) is 11.7 Å². The molecule has 2 fully saturated rings. The molecule has 1 N–H and O–H groups in total. The van der Waals surface area contributed by atoms with Crippen molar-refractivity contribution in [3.8, 4) is 0 Å². The van der Waals surface area contributed by atoms with Gasteiger partial charge in [0.1, 0.15) is 0 Å². The zero-order valence-electron chi connectivity index (χ0n) is 14.0. The molecule has 1 aromatic heterocycles. The van der Waals surface area contributed by atoms with E-state index in [1.807, 2.05) is 13.8 Å². The van der Waals surface area contributed by atoms with Gasteiger partial charge in [0.15, 0.2) is 5.82 Å². The maximum atomic E-state index is 9.99. The first-order valence-corrected chi connectivity index (χ1v) is 8.38. The maximum Gasteiger partial charge on any atom is 0.229 e. The fourth-order valence-electron chi connectivity index (χ4n) is 3.30. The molecule has 1 aliphatic carbocycles. The molecule has 1 aliphatic heterocycles. The van der Waals surface area contributed by atoms with Crippen LogP contribution >= 0.6 is 0 Å². The number of hydrogen-bond donors (Lipinski definition) is 1. The minimum Gasteiger partial charge on any atom is -0.389 e. The molecule has 22 heavy (non-hydrogen) atoms. The predicted molar refractivity (Wildman–Crippen MR) is 83.5 cm³/mol. The van der Waals surface area contributed by atoms with E-state index in [0.29, 0.717) is 18.5 Å². The molecule has 1 atom stereocenters. The minimum absolute atomic E-state index is 0.481. The quantitative estimate of drug-likeness (QED) is 0.861. The molecule has 6 heteroatoms. The highest BCUT2D eigenvalue weighted by molar-refractivity contribution is 5.01. The molecule has 0 amide bonds. The fourth-order valence-corrected chi connectivity index (χ4v) is 3.30. The van der Waals surface area contributed by atoms with E-state index in [1.165, 1.54) is 25.7 Å². The van der Waals surface area contributed by atoms with Gasteiger partial charge in [-0.3, -0.25) is 9.80 Å². The van der Waals surface area contributed by atoms with Gasteiger partial charge < -0.3 is 9.63 Å². The van der Waals surface area contributed by atoms with Crippen LogP contribution in [0.4, 0.5) is 0 Å². The van der Waals surface area contributed by atoms with Gasteiger partial charge in [-0.15, -0.1) is 0 Å². The van der Waals surface area contributed by atoms with Crippen LogP contribution in [0.25, 0.3) is 0 Å². The van der Waals surface area contributed by atoms with Crippen molar-refractivity contribution in [2.24, 2.45) is 0 Å². The van der Waals surface area contributed by atoms with Gasteiger partial charge in [0, 0.05) is 25.0 Å². The maximum absolute atomic E-state index is 9.99. The van der Waals surface area contributed by atoms with E-state index in [4.69, 9.17) is 4.52 Å². The van der Waals surface area contributed by atoms with Gasteiger partial charge in [-0.25, -0.2) is 0 Å². The van der Waals surface area contributed by atoms with E-state index in [9.17, 15) is 5.11 Å². The van der Waals surface area contributed by atoms with Gasteiger partial charge in [-0.2, -0.15) is 4.98 Å². The second-order valence-corrected chi connectivity index (χ2v) is 7.58. The van der Waals surface area contributed by atoms with Gasteiger partial charge in [-0.05, 0) is 53.1 Å². The molecular weight excluding hydrogens is 280 g/mol. The van der Waals surface area contributed by atoms with Crippen LogP contribution < -0.4 is 0 Å². The normalized spacial score (nSPS) is 24.1. The molecule has 1 saturated carbocycles.